The Bertz CT molecular complexity index is 883. The minimum atomic E-state index is -0.963. The third-order valence-electron chi connectivity index (χ3n) is 3.58. The number of aryl methyl sites for hydroxylation is 1. The molecule has 1 aromatic heterocycles. The Balaban J connectivity index is 1.66. The SMILES string of the molecule is Cc1nc(-c2ccccc2)sc1COc1ccc(/C=C/C(=O)O)cc1. The largest absolute Gasteiger partial charge is 0.488 e. The number of aromatic nitrogens is 1. The lowest BCUT2D eigenvalue weighted by molar-refractivity contribution is -0.131. The van der Waals surface area contributed by atoms with Gasteiger partial charge in [0, 0.05) is 11.6 Å². The highest BCUT2D eigenvalue weighted by atomic mass is 32.1. The molecule has 0 saturated carbocycles. The molecule has 0 aliphatic carbocycles. The van der Waals surface area contributed by atoms with Crippen molar-refractivity contribution in [2.75, 3.05) is 0 Å². The third-order valence-corrected chi connectivity index (χ3v) is 4.76. The van der Waals surface area contributed by atoms with Gasteiger partial charge < -0.3 is 9.84 Å². The van der Waals surface area contributed by atoms with Gasteiger partial charge in [0.2, 0.25) is 0 Å². The van der Waals surface area contributed by atoms with Gasteiger partial charge in [0.1, 0.15) is 17.4 Å². The van der Waals surface area contributed by atoms with E-state index in [1.807, 2.05) is 61.5 Å². The fraction of sp³-hybridized carbons (Fsp3) is 0.100. The van der Waals surface area contributed by atoms with Crippen LogP contribution >= 0.6 is 11.3 Å². The van der Waals surface area contributed by atoms with E-state index in [1.165, 1.54) is 0 Å². The van der Waals surface area contributed by atoms with E-state index >= 15 is 0 Å². The molecule has 0 aliphatic rings. The number of nitrogens with zero attached hydrogens (tertiary/aromatic N) is 1. The zero-order valence-electron chi connectivity index (χ0n) is 13.7. The Morgan fingerprint density at radius 1 is 1.16 bits per heavy atom. The van der Waals surface area contributed by atoms with Gasteiger partial charge in [0.15, 0.2) is 0 Å². The summed E-state index contributed by atoms with van der Waals surface area (Å²) in [4.78, 5) is 16.2. The standard InChI is InChI=1S/C20H17NO3S/c1-14-18(25-20(21-14)16-5-3-2-4-6-16)13-24-17-10-7-15(8-11-17)9-12-19(22)23/h2-12H,13H2,1H3,(H,22,23)/b12-9+. The fourth-order valence-corrected chi connectivity index (χ4v) is 3.24. The third kappa shape index (κ3) is 4.55. The summed E-state index contributed by atoms with van der Waals surface area (Å²) in [6, 6.07) is 17.4. The Labute approximate surface area is 150 Å². The number of ether oxygens (including phenoxy) is 1. The van der Waals surface area contributed by atoms with E-state index in [-0.39, 0.29) is 0 Å². The van der Waals surface area contributed by atoms with Gasteiger partial charge >= 0.3 is 5.97 Å². The lowest BCUT2D eigenvalue weighted by Gasteiger charge is -2.05. The topological polar surface area (TPSA) is 59.4 Å². The summed E-state index contributed by atoms with van der Waals surface area (Å²) in [6.07, 6.45) is 2.66. The predicted octanol–water partition coefficient (Wildman–Crippen LogP) is 4.80. The monoisotopic (exact) mass is 351 g/mol. The molecule has 25 heavy (non-hydrogen) atoms. The van der Waals surface area contributed by atoms with Crippen molar-refractivity contribution in [1.82, 2.24) is 4.98 Å². The summed E-state index contributed by atoms with van der Waals surface area (Å²) in [5, 5.41) is 9.63. The molecular weight excluding hydrogens is 334 g/mol. The van der Waals surface area contributed by atoms with E-state index in [4.69, 9.17) is 9.84 Å². The van der Waals surface area contributed by atoms with Crippen LogP contribution in [-0.2, 0) is 11.4 Å². The number of thiazole rings is 1. The summed E-state index contributed by atoms with van der Waals surface area (Å²) in [6.45, 7) is 2.45. The molecule has 3 aromatic rings. The van der Waals surface area contributed by atoms with Crippen molar-refractivity contribution < 1.29 is 14.6 Å². The van der Waals surface area contributed by atoms with Crippen molar-refractivity contribution in [3.8, 4) is 16.3 Å². The van der Waals surface area contributed by atoms with Gasteiger partial charge in [-0.25, -0.2) is 9.78 Å². The zero-order chi connectivity index (χ0) is 17.6. The van der Waals surface area contributed by atoms with Gasteiger partial charge in [0.25, 0.3) is 0 Å². The van der Waals surface area contributed by atoms with Gasteiger partial charge in [-0.15, -0.1) is 11.3 Å². The van der Waals surface area contributed by atoms with Crippen molar-refractivity contribution in [1.29, 1.82) is 0 Å². The highest BCUT2D eigenvalue weighted by molar-refractivity contribution is 7.15. The summed E-state index contributed by atoms with van der Waals surface area (Å²) < 4.78 is 5.83. The van der Waals surface area contributed by atoms with Crippen LogP contribution in [0.3, 0.4) is 0 Å². The first-order valence-electron chi connectivity index (χ1n) is 7.77. The molecule has 3 rings (SSSR count). The maximum Gasteiger partial charge on any atom is 0.328 e. The Morgan fingerprint density at radius 3 is 2.56 bits per heavy atom. The van der Waals surface area contributed by atoms with Crippen LogP contribution in [0.4, 0.5) is 0 Å². The normalized spacial score (nSPS) is 10.9. The molecule has 5 heteroatoms. The minimum Gasteiger partial charge on any atom is -0.488 e. The van der Waals surface area contributed by atoms with Crippen molar-refractivity contribution >= 4 is 23.4 Å². The van der Waals surface area contributed by atoms with E-state index in [0.29, 0.717) is 6.61 Å². The lowest BCUT2D eigenvalue weighted by Crippen LogP contribution is -1.94. The van der Waals surface area contributed by atoms with Gasteiger partial charge in [-0.1, -0.05) is 42.5 Å². The first-order valence-corrected chi connectivity index (χ1v) is 8.59. The molecule has 0 amide bonds. The van der Waals surface area contributed by atoms with Crippen LogP contribution in [0.5, 0.6) is 5.75 Å². The number of carboxylic acid groups (broad SMARTS) is 1. The van der Waals surface area contributed by atoms with Crippen molar-refractivity contribution in [2.24, 2.45) is 0 Å². The molecule has 0 radical (unpaired) electrons. The van der Waals surface area contributed by atoms with Crippen LogP contribution in [0.2, 0.25) is 0 Å². The molecule has 2 aromatic carbocycles. The maximum atomic E-state index is 10.5. The van der Waals surface area contributed by atoms with Crippen LogP contribution in [0.15, 0.2) is 60.7 Å². The van der Waals surface area contributed by atoms with Gasteiger partial charge in [-0.2, -0.15) is 0 Å². The molecule has 0 spiro atoms. The van der Waals surface area contributed by atoms with Crippen LogP contribution in [-0.4, -0.2) is 16.1 Å². The quantitative estimate of drug-likeness (QED) is 0.648. The van der Waals surface area contributed by atoms with E-state index < -0.39 is 5.97 Å². The molecular formula is C20H17NO3S. The van der Waals surface area contributed by atoms with Crippen molar-refractivity contribution in [3.63, 3.8) is 0 Å². The second-order valence-corrected chi connectivity index (χ2v) is 6.51. The number of hydrogen-bond acceptors (Lipinski definition) is 4. The molecule has 1 N–H and O–H groups in total. The summed E-state index contributed by atoms with van der Waals surface area (Å²) >= 11 is 1.63. The minimum absolute atomic E-state index is 0.459. The summed E-state index contributed by atoms with van der Waals surface area (Å²) in [5.41, 5.74) is 2.90. The maximum absolute atomic E-state index is 10.5. The first-order chi connectivity index (χ1) is 12.1. The first kappa shape index (κ1) is 16.9. The van der Waals surface area contributed by atoms with Gasteiger partial charge in [-0.05, 0) is 30.7 Å². The number of benzene rings is 2. The fourth-order valence-electron chi connectivity index (χ4n) is 2.26. The van der Waals surface area contributed by atoms with E-state index in [0.717, 1.165) is 38.5 Å². The molecule has 1 heterocycles. The highest BCUT2D eigenvalue weighted by Gasteiger charge is 2.09. The molecule has 0 atom stereocenters. The number of rotatable bonds is 6. The van der Waals surface area contributed by atoms with Gasteiger partial charge in [-0.3, -0.25) is 0 Å². The van der Waals surface area contributed by atoms with E-state index in [1.54, 1.807) is 17.4 Å². The van der Waals surface area contributed by atoms with Crippen LogP contribution in [0, 0.1) is 6.92 Å². The Hall–Kier alpha value is -2.92. The molecule has 0 bridgehead atoms. The summed E-state index contributed by atoms with van der Waals surface area (Å²) in [7, 11) is 0. The molecule has 0 unspecified atom stereocenters. The van der Waals surface area contributed by atoms with Crippen molar-refractivity contribution in [2.45, 2.75) is 13.5 Å². The Morgan fingerprint density at radius 2 is 1.88 bits per heavy atom. The number of aliphatic carboxylic acids is 1. The smallest absolute Gasteiger partial charge is 0.328 e. The second kappa shape index (κ2) is 7.77. The lowest BCUT2D eigenvalue weighted by atomic mass is 10.2. The zero-order valence-corrected chi connectivity index (χ0v) is 14.5. The molecule has 0 saturated heterocycles. The Kier molecular flexibility index (Phi) is 5.26. The number of hydrogen-bond donors (Lipinski definition) is 1. The van der Waals surface area contributed by atoms with E-state index in [9.17, 15) is 4.79 Å². The number of carboxylic acids is 1. The average molecular weight is 351 g/mol. The number of carbonyl (C=O) groups is 1. The van der Waals surface area contributed by atoms with Crippen molar-refractivity contribution in [3.05, 3.63) is 76.8 Å². The van der Waals surface area contributed by atoms with Crippen LogP contribution in [0.1, 0.15) is 16.1 Å². The van der Waals surface area contributed by atoms with Gasteiger partial charge in [0.05, 0.1) is 10.6 Å². The van der Waals surface area contributed by atoms with Crippen LogP contribution < -0.4 is 4.74 Å². The molecule has 4 nitrogen and oxygen atoms in total. The molecule has 0 aliphatic heterocycles. The average Bonchev–Trinajstić information content (AvgIpc) is 3.00. The van der Waals surface area contributed by atoms with Crippen LogP contribution in [0.25, 0.3) is 16.6 Å². The predicted molar refractivity (Wildman–Crippen MR) is 99.7 cm³/mol. The molecule has 126 valence electrons. The second-order valence-electron chi connectivity index (χ2n) is 5.42. The van der Waals surface area contributed by atoms with E-state index in [2.05, 4.69) is 4.98 Å². The molecule has 0 fully saturated rings. The summed E-state index contributed by atoms with van der Waals surface area (Å²) in [5.74, 6) is -0.225. The highest BCUT2D eigenvalue weighted by Crippen LogP contribution is 2.28.